The van der Waals surface area contributed by atoms with Crippen molar-refractivity contribution in [2.24, 2.45) is 0 Å². The van der Waals surface area contributed by atoms with Gasteiger partial charge >= 0.3 is 0 Å². The van der Waals surface area contributed by atoms with E-state index in [1.807, 2.05) is 6.20 Å². The Morgan fingerprint density at radius 2 is 2.15 bits per heavy atom. The number of nitrogen functional groups attached to an aromatic ring is 1. The number of hydrogen-bond donors (Lipinski definition) is 2. The Balaban J connectivity index is 1.28. The van der Waals surface area contributed by atoms with Crippen molar-refractivity contribution < 1.29 is 4.74 Å². The van der Waals surface area contributed by atoms with Crippen LogP contribution in [0.1, 0.15) is 41.9 Å². The van der Waals surface area contributed by atoms with Crippen molar-refractivity contribution in [3.8, 4) is 0 Å². The molecule has 2 aromatic heterocycles. The van der Waals surface area contributed by atoms with E-state index in [0.717, 1.165) is 77.3 Å². The molecule has 1 saturated heterocycles. The Labute approximate surface area is 159 Å². The summed E-state index contributed by atoms with van der Waals surface area (Å²) in [6.07, 6.45) is 5.76. The van der Waals surface area contributed by atoms with E-state index in [9.17, 15) is 0 Å². The lowest BCUT2D eigenvalue weighted by Gasteiger charge is -2.43. The van der Waals surface area contributed by atoms with Gasteiger partial charge in [-0.2, -0.15) is 5.10 Å². The Morgan fingerprint density at radius 3 is 3.04 bits per heavy atom. The molecular formula is C19H27N7O. The van der Waals surface area contributed by atoms with E-state index >= 15 is 0 Å². The first kappa shape index (κ1) is 17.1. The van der Waals surface area contributed by atoms with Gasteiger partial charge in [0.15, 0.2) is 0 Å². The Hall–Kier alpha value is -2.03. The summed E-state index contributed by atoms with van der Waals surface area (Å²) in [6, 6.07) is 2.25. The van der Waals surface area contributed by atoms with Crippen molar-refractivity contribution in [1.82, 2.24) is 30.0 Å². The summed E-state index contributed by atoms with van der Waals surface area (Å²) >= 11 is 0. The summed E-state index contributed by atoms with van der Waals surface area (Å²) in [6.45, 7) is 6.59. The summed E-state index contributed by atoms with van der Waals surface area (Å²) in [4.78, 5) is 11.2. The van der Waals surface area contributed by atoms with E-state index in [2.05, 4.69) is 30.9 Å². The van der Waals surface area contributed by atoms with Gasteiger partial charge in [-0.05, 0) is 43.9 Å². The van der Waals surface area contributed by atoms with Gasteiger partial charge in [-0.1, -0.05) is 0 Å². The van der Waals surface area contributed by atoms with Crippen LogP contribution >= 0.6 is 0 Å². The summed E-state index contributed by atoms with van der Waals surface area (Å²) in [5.41, 5.74) is 10.2. The molecule has 5 heterocycles. The number of piperidine rings is 1. The third kappa shape index (κ3) is 3.22. The number of nitrogens with zero attached hydrogens (tertiary/aromatic N) is 5. The number of hydrogen-bond acceptors (Lipinski definition) is 7. The average Bonchev–Trinajstić information content (AvgIpc) is 2.92. The van der Waals surface area contributed by atoms with Crippen LogP contribution in [0.5, 0.6) is 0 Å². The van der Waals surface area contributed by atoms with Crippen LogP contribution in [0.4, 0.5) is 5.95 Å². The molecule has 5 rings (SSSR count). The number of aryl methyl sites for hydroxylation is 1. The lowest BCUT2D eigenvalue weighted by molar-refractivity contribution is -0.102. The van der Waals surface area contributed by atoms with E-state index < -0.39 is 0 Å². The molecule has 8 nitrogen and oxygen atoms in total. The van der Waals surface area contributed by atoms with Gasteiger partial charge in [0.2, 0.25) is 5.95 Å². The minimum absolute atomic E-state index is 0.295. The van der Waals surface area contributed by atoms with Crippen LogP contribution in [0.2, 0.25) is 0 Å². The van der Waals surface area contributed by atoms with E-state index in [-0.39, 0.29) is 5.60 Å². The maximum atomic E-state index is 6.27. The van der Waals surface area contributed by atoms with Crippen LogP contribution < -0.4 is 11.1 Å². The second-order valence-electron chi connectivity index (χ2n) is 7.85. The third-order valence-corrected chi connectivity index (χ3v) is 6.06. The fourth-order valence-electron chi connectivity index (χ4n) is 4.60. The number of likely N-dealkylation sites (tertiary alicyclic amines) is 1. The number of aromatic nitrogens is 4. The number of anilines is 1. The summed E-state index contributed by atoms with van der Waals surface area (Å²) in [5.74, 6) is 0.342. The van der Waals surface area contributed by atoms with Crippen molar-refractivity contribution in [2.45, 2.75) is 50.9 Å². The Kier molecular flexibility index (Phi) is 4.34. The first-order valence-corrected chi connectivity index (χ1v) is 9.96. The molecule has 27 heavy (non-hydrogen) atoms. The predicted molar refractivity (Wildman–Crippen MR) is 101 cm³/mol. The van der Waals surface area contributed by atoms with Crippen molar-refractivity contribution in [2.75, 3.05) is 32.0 Å². The summed E-state index contributed by atoms with van der Waals surface area (Å²) in [7, 11) is 0. The van der Waals surface area contributed by atoms with Crippen LogP contribution in [0, 0.1) is 0 Å². The molecule has 1 fully saturated rings. The van der Waals surface area contributed by atoms with Crippen LogP contribution in [-0.4, -0.2) is 50.9 Å². The first-order chi connectivity index (χ1) is 13.2. The molecule has 0 bridgehead atoms. The third-order valence-electron chi connectivity index (χ3n) is 6.06. The molecule has 1 spiro atoms. The van der Waals surface area contributed by atoms with Gasteiger partial charge in [-0.25, -0.2) is 9.97 Å². The molecule has 0 unspecified atom stereocenters. The lowest BCUT2D eigenvalue weighted by Crippen LogP contribution is -2.47. The molecule has 0 atom stereocenters. The van der Waals surface area contributed by atoms with Gasteiger partial charge in [0, 0.05) is 38.9 Å². The van der Waals surface area contributed by atoms with Gasteiger partial charge in [0.25, 0.3) is 0 Å². The zero-order chi connectivity index (χ0) is 18.3. The molecule has 0 radical (unpaired) electrons. The topological polar surface area (TPSA) is 94.1 Å². The minimum Gasteiger partial charge on any atom is -0.368 e. The second kappa shape index (κ2) is 6.85. The quantitative estimate of drug-likeness (QED) is 0.809. The zero-order valence-corrected chi connectivity index (χ0v) is 15.7. The molecular weight excluding hydrogens is 342 g/mol. The monoisotopic (exact) mass is 369 g/mol. The molecule has 3 aliphatic heterocycles. The van der Waals surface area contributed by atoms with E-state index in [4.69, 9.17) is 15.6 Å². The standard InChI is InChI=1S/C19H27N7O/c20-18-22-11-14-2-9-27-19(17(14)23-18)3-7-25(8-4-19)13-15-10-16-12-21-5-1-6-26(16)24-15/h10-11,21H,1-9,12-13H2,(H2,20,22,23). The van der Waals surface area contributed by atoms with Crippen LogP contribution in [0.25, 0.3) is 0 Å². The van der Waals surface area contributed by atoms with Crippen molar-refractivity contribution in [3.05, 3.63) is 34.9 Å². The highest BCUT2D eigenvalue weighted by Gasteiger charge is 2.42. The predicted octanol–water partition coefficient (Wildman–Crippen LogP) is 0.813. The zero-order valence-electron chi connectivity index (χ0n) is 15.7. The largest absolute Gasteiger partial charge is 0.368 e. The maximum Gasteiger partial charge on any atom is 0.220 e. The van der Waals surface area contributed by atoms with Gasteiger partial charge in [-0.15, -0.1) is 0 Å². The fraction of sp³-hybridized carbons (Fsp3) is 0.632. The normalized spacial score (nSPS) is 22.2. The van der Waals surface area contributed by atoms with Gasteiger partial charge in [0.05, 0.1) is 23.7 Å². The summed E-state index contributed by atoms with van der Waals surface area (Å²) < 4.78 is 8.43. The number of ether oxygens (including phenoxy) is 1. The molecule has 3 aliphatic rings. The van der Waals surface area contributed by atoms with Crippen LogP contribution in [0.15, 0.2) is 12.3 Å². The Morgan fingerprint density at radius 1 is 1.26 bits per heavy atom. The van der Waals surface area contributed by atoms with Crippen LogP contribution in [0.3, 0.4) is 0 Å². The number of rotatable bonds is 2. The molecule has 144 valence electrons. The fourth-order valence-corrected chi connectivity index (χ4v) is 4.60. The van der Waals surface area contributed by atoms with Crippen molar-refractivity contribution >= 4 is 5.95 Å². The minimum atomic E-state index is -0.295. The van der Waals surface area contributed by atoms with Crippen LogP contribution in [-0.2, 0) is 36.4 Å². The van der Waals surface area contributed by atoms with E-state index in [1.165, 1.54) is 17.0 Å². The number of fused-ring (bicyclic) bond motifs is 3. The van der Waals surface area contributed by atoms with Gasteiger partial charge in [-0.3, -0.25) is 9.58 Å². The second-order valence-corrected chi connectivity index (χ2v) is 7.85. The number of nitrogens with one attached hydrogen (secondary N) is 1. The molecule has 2 aromatic rings. The maximum absolute atomic E-state index is 6.27. The number of nitrogens with two attached hydrogens (primary N) is 1. The van der Waals surface area contributed by atoms with E-state index in [0.29, 0.717) is 5.95 Å². The van der Waals surface area contributed by atoms with E-state index in [1.54, 1.807) is 0 Å². The summed E-state index contributed by atoms with van der Waals surface area (Å²) in [5, 5.41) is 8.28. The molecule has 0 aliphatic carbocycles. The highest BCUT2D eigenvalue weighted by molar-refractivity contribution is 5.32. The van der Waals surface area contributed by atoms with Crippen molar-refractivity contribution in [1.29, 1.82) is 0 Å². The molecule has 0 saturated carbocycles. The average molecular weight is 369 g/mol. The SMILES string of the molecule is Nc1ncc2c(n1)C1(CCN(Cc3cc4n(n3)CCCNC4)CC1)OCC2. The molecule has 8 heteroatoms. The first-order valence-electron chi connectivity index (χ1n) is 9.96. The van der Waals surface area contributed by atoms with Gasteiger partial charge < -0.3 is 15.8 Å². The molecule has 0 amide bonds. The molecule has 3 N–H and O–H groups in total. The highest BCUT2D eigenvalue weighted by atomic mass is 16.5. The Bertz CT molecular complexity index is 802. The van der Waals surface area contributed by atoms with Gasteiger partial charge in [0.1, 0.15) is 5.60 Å². The molecule has 0 aromatic carbocycles. The smallest absolute Gasteiger partial charge is 0.220 e. The highest BCUT2D eigenvalue weighted by Crippen LogP contribution is 2.40. The lowest BCUT2D eigenvalue weighted by atomic mass is 9.83. The van der Waals surface area contributed by atoms with Crippen molar-refractivity contribution in [3.63, 3.8) is 0 Å².